The second kappa shape index (κ2) is 11.5. The van der Waals surface area contributed by atoms with E-state index in [4.69, 9.17) is 4.74 Å². The monoisotopic (exact) mass is 414 g/mol. The number of ether oxygens (including phenoxy) is 1. The molecule has 0 bridgehead atoms. The number of benzene rings is 2. The molecule has 0 heterocycles. The van der Waals surface area contributed by atoms with Crippen LogP contribution < -0.4 is 10.1 Å². The molecule has 2 amide bonds. The Labute approximate surface area is 177 Å². The van der Waals surface area contributed by atoms with Gasteiger partial charge in [0.05, 0.1) is 12.9 Å². The predicted octanol–water partition coefficient (Wildman–Crippen LogP) is 3.79. The number of hydrogen-bond acceptors (Lipinski definition) is 4. The van der Waals surface area contributed by atoms with Crippen LogP contribution in [0.15, 0.2) is 48.5 Å². The summed E-state index contributed by atoms with van der Waals surface area (Å²) in [6.07, 6.45) is 0. The quantitative estimate of drug-likeness (QED) is 0.643. The molecule has 5 nitrogen and oxygen atoms in total. The molecule has 1 N–H and O–H groups in total. The van der Waals surface area contributed by atoms with E-state index in [2.05, 4.69) is 24.4 Å². The van der Waals surface area contributed by atoms with Gasteiger partial charge in [-0.1, -0.05) is 36.4 Å². The van der Waals surface area contributed by atoms with Crippen molar-refractivity contribution in [3.63, 3.8) is 0 Å². The molecule has 6 heteroatoms. The number of likely N-dealkylation sites (N-methyl/N-ethyl adjacent to an activating group) is 1. The van der Waals surface area contributed by atoms with Gasteiger partial charge in [-0.2, -0.15) is 0 Å². The lowest BCUT2D eigenvalue weighted by molar-refractivity contribution is -0.138. The summed E-state index contributed by atoms with van der Waals surface area (Å²) >= 11 is 1.57. The fourth-order valence-corrected chi connectivity index (χ4v) is 3.96. The van der Waals surface area contributed by atoms with Crippen molar-refractivity contribution in [3.05, 3.63) is 65.2 Å². The van der Waals surface area contributed by atoms with Crippen LogP contribution in [0.2, 0.25) is 0 Å². The second-order valence-corrected chi connectivity index (χ2v) is 7.85. The Morgan fingerprint density at radius 1 is 1.17 bits per heavy atom. The van der Waals surface area contributed by atoms with Crippen LogP contribution in [-0.2, 0) is 21.9 Å². The Balaban J connectivity index is 2.09. The third-order valence-corrected chi connectivity index (χ3v) is 5.72. The Hall–Kier alpha value is -2.47. The first kappa shape index (κ1) is 22.8. The van der Waals surface area contributed by atoms with Crippen LogP contribution in [0.1, 0.15) is 30.5 Å². The molecule has 0 fully saturated rings. The zero-order valence-corrected chi connectivity index (χ0v) is 18.4. The summed E-state index contributed by atoms with van der Waals surface area (Å²) in [7, 11) is 1.61. The Morgan fingerprint density at radius 3 is 2.62 bits per heavy atom. The SMILES string of the molecule is CCNC(=O)[C@H](C)N(Cc1cccc(OC)c1)C(=O)CSCc1ccccc1C. The van der Waals surface area contributed by atoms with Crippen molar-refractivity contribution in [2.75, 3.05) is 19.4 Å². The average Bonchev–Trinajstić information content (AvgIpc) is 2.73. The lowest BCUT2D eigenvalue weighted by Gasteiger charge is -2.28. The van der Waals surface area contributed by atoms with Crippen LogP contribution in [0.3, 0.4) is 0 Å². The zero-order chi connectivity index (χ0) is 21.2. The predicted molar refractivity (Wildman–Crippen MR) is 119 cm³/mol. The zero-order valence-electron chi connectivity index (χ0n) is 17.6. The smallest absolute Gasteiger partial charge is 0.242 e. The summed E-state index contributed by atoms with van der Waals surface area (Å²) in [5.41, 5.74) is 3.37. The number of thioether (sulfide) groups is 1. The number of rotatable bonds is 10. The van der Waals surface area contributed by atoms with E-state index in [1.165, 1.54) is 11.1 Å². The highest BCUT2D eigenvalue weighted by atomic mass is 32.2. The van der Waals surface area contributed by atoms with Crippen molar-refractivity contribution in [1.82, 2.24) is 10.2 Å². The standard InChI is InChI=1S/C23H30N2O3S/c1-5-24-23(27)18(3)25(14-19-10-8-12-21(13-19)28-4)22(26)16-29-15-20-11-7-6-9-17(20)2/h6-13,18H,5,14-16H2,1-4H3,(H,24,27)/t18-/m0/s1. The number of carbonyl (C=O) groups is 2. The van der Waals surface area contributed by atoms with Crippen molar-refractivity contribution in [1.29, 1.82) is 0 Å². The van der Waals surface area contributed by atoms with Gasteiger partial charge >= 0.3 is 0 Å². The van der Waals surface area contributed by atoms with Gasteiger partial charge in [-0.25, -0.2) is 0 Å². The molecular weight excluding hydrogens is 384 g/mol. The highest BCUT2D eigenvalue weighted by Gasteiger charge is 2.25. The maximum Gasteiger partial charge on any atom is 0.242 e. The minimum Gasteiger partial charge on any atom is -0.497 e. The van der Waals surface area contributed by atoms with Crippen molar-refractivity contribution in [2.45, 2.75) is 39.1 Å². The topological polar surface area (TPSA) is 58.6 Å². The molecule has 2 aromatic rings. The maximum atomic E-state index is 13.0. The van der Waals surface area contributed by atoms with E-state index in [0.29, 0.717) is 18.8 Å². The Morgan fingerprint density at radius 2 is 1.93 bits per heavy atom. The van der Waals surface area contributed by atoms with E-state index < -0.39 is 6.04 Å². The van der Waals surface area contributed by atoms with Gasteiger partial charge in [0.15, 0.2) is 0 Å². The van der Waals surface area contributed by atoms with Gasteiger partial charge in [0.1, 0.15) is 11.8 Å². The van der Waals surface area contributed by atoms with Crippen molar-refractivity contribution < 1.29 is 14.3 Å². The normalized spacial score (nSPS) is 11.6. The Bertz CT molecular complexity index is 825. The fraction of sp³-hybridized carbons (Fsp3) is 0.391. The van der Waals surface area contributed by atoms with Gasteiger partial charge in [-0.3, -0.25) is 9.59 Å². The molecule has 0 radical (unpaired) electrons. The third-order valence-electron chi connectivity index (χ3n) is 4.75. The van der Waals surface area contributed by atoms with Crippen LogP contribution in [0.4, 0.5) is 0 Å². The largest absolute Gasteiger partial charge is 0.497 e. The molecular formula is C23H30N2O3S. The number of aryl methyl sites for hydroxylation is 1. The summed E-state index contributed by atoms with van der Waals surface area (Å²) in [5, 5.41) is 2.81. The molecule has 0 unspecified atom stereocenters. The van der Waals surface area contributed by atoms with Crippen molar-refractivity contribution in [3.8, 4) is 5.75 Å². The number of nitrogens with one attached hydrogen (secondary N) is 1. The minimum absolute atomic E-state index is 0.0508. The van der Waals surface area contributed by atoms with E-state index in [-0.39, 0.29) is 11.8 Å². The maximum absolute atomic E-state index is 13.0. The first-order chi connectivity index (χ1) is 14.0. The van der Waals surface area contributed by atoms with Crippen LogP contribution in [0, 0.1) is 6.92 Å². The molecule has 0 aliphatic rings. The van der Waals surface area contributed by atoms with E-state index in [1.54, 1.807) is 30.7 Å². The van der Waals surface area contributed by atoms with Crippen molar-refractivity contribution >= 4 is 23.6 Å². The third kappa shape index (κ3) is 6.82. The number of carbonyl (C=O) groups excluding carboxylic acids is 2. The molecule has 2 rings (SSSR count). The van der Waals surface area contributed by atoms with Gasteiger partial charge in [0.25, 0.3) is 0 Å². The van der Waals surface area contributed by atoms with Crippen LogP contribution in [0.5, 0.6) is 5.75 Å². The molecule has 0 aromatic heterocycles. The molecule has 0 saturated heterocycles. The first-order valence-corrected chi connectivity index (χ1v) is 10.9. The first-order valence-electron chi connectivity index (χ1n) is 9.78. The second-order valence-electron chi connectivity index (χ2n) is 6.86. The highest BCUT2D eigenvalue weighted by molar-refractivity contribution is 7.99. The van der Waals surface area contributed by atoms with Gasteiger partial charge in [0, 0.05) is 18.8 Å². The van der Waals surface area contributed by atoms with Gasteiger partial charge in [-0.15, -0.1) is 11.8 Å². The van der Waals surface area contributed by atoms with Gasteiger partial charge in [-0.05, 0) is 49.6 Å². The minimum atomic E-state index is -0.548. The van der Waals surface area contributed by atoms with E-state index in [9.17, 15) is 9.59 Å². The lowest BCUT2D eigenvalue weighted by atomic mass is 10.1. The summed E-state index contributed by atoms with van der Waals surface area (Å²) in [6.45, 7) is 6.61. The summed E-state index contributed by atoms with van der Waals surface area (Å²) in [5.74, 6) is 1.62. The van der Waals surface area contributed by atoms with Crippen LogP contribution >= 0.6 is 11.8 Å². The van der Waals surface area contributed by atoms with Gasteiger partial charge in [0.2, 0.25) is 11.8 Å². The number of amides is 2. The Kier molecular flexibility index (Phi) is 9.06. The molecule has 0 saturated carbocycles. The van der Waals surface area contributed by atoms with Gasteiger partial charge < -0.3 is 15.0 Å². The highest BCUT2D eigenvalue weighted by Crippen LogP contribution is 2.19. The number of nitrogens with zero attached hydrogens (tertiary/aromatic N) is 1. The number of methoxy groups -OCH3 is 1. The molecule has 156 valence electrons. The van der Waals surface area contributed by atoms with E-state index in [1.807, 2.05) is 43.3 Å². The van der Waals surface area contributed by atoms with E-state index in [0.717, 1.165) is 17.1 Å². The van der Waals surface area contributed by atoms with Crippen LogP contribution in [0.25, 0.3) is 0 Å². The molecule has 0 spiro atoms. The number of hydrogen-bond donors (Lipinski definition) is 1. The average molecular weight is 415 g/mol. The summed E-state index contributed by atoms with van der Waals surface area (Å²) in [4.78, 5) is 27.1. The lowest BCUT2D eigenvalue weighted by Crippen LogP contribution is -2.48. The molecule has 0 aliphatic carbocycles. The molecule has 1 atom stereocenters. The summed E-state index contributed by atoms with van der Waals surface area (Å²) in [6, 6.07) is 15.2. The molecule has 29 heavy (non-hydrogen) atoms. The summed E-state index contributed by atoms with van der Waals surface area (Å²) < 4.78 is 5.28. The molecule has 2 aromatic carbocycles. The molecule has 0 aliphatic heterocycles. The fourth-order valence-electron chi connectivity index (χ4n) is 2.98. The van der Waals surface area contributed by atoms with Crippen molar-refractivity contribution in [2.24, 2.45) is 0 Å². The van der Waals surface area contributed by atoms with E-state index >= 15 is 0 Å². The van der Waals surface area contributed by atoms with Crippen LogP contribution in [-0.4, -0.2) is 42.2 Å².